The van der Waals surface area contributed by atoms with Crippen LogP contribution in [0.25, 0.3) is 16.9 Å². The summed E-state index contributed by atoms with van der Waals surface area (Å²) in [6.45, 7) is 8.27. The third kappa shape index (κ3) is 2.08. The largest absolute Gasteiger partial charge is 0.267 e. The molecule has 5 nitrogen and oxygen atoms in total. The molecule has 0 saturated carbocycles. The van der Waals surface area contributed by atoms with Crippen LogP contribution in [0.5, 0.6) is 0 Å². The van der Waals surface area contributed by atoms with Gasteiger partial charge in [-0.2, -0.15) is 10.2 Å². The summed E-state index contributed by atoms with van der Waals surface area (Å²) in [5.74, 6) is 0. The van der Waals surface area contributed by atoms with E-state index in [0.29, 0.717) is 10.8 Å². The molecular formula is C14H16ClN5. The van der Waals surface area contributed by atoms with Crippen molar-refractivity contribution in [2.75, 3.05) is 0 Å². The summed E-state index contributed by atoms with van der Waals surface area (Å²) in [5.41, 5.74) is 3.29. The summed E-state index contributed by atoms with van der Waals surface area (Å²) >= 11 is 6.25. The van der Waals surface area contributed by atoms with Gasteiger partial charge in [0.1, 0.15) is 16.9 Å². The predicted molar refractivity (Wildman–Crippen MR) is 79.0 cm³/mol. The Labute approximate surface area is 122 Å². The smallest absolute Gasteiger partial charge is 0.155 e. The number of hydrogen-bond donors (Lipinski definition) is 0. The van der Waals surface area contributed by atoms with Crippen molar-refractivity contribution < 1.29 is 0 Å². The van der Waals surface area contributed by atoms with E-state index in [9.17, 15) is 0 Å². The Morgan fingerprint density at radius 2 is 1.95 bits per heavy atom. The average Bonchev–Trinajstić information content (AvgIpc) is 2.95. The normalized spacial score (nSPS) is 12.2. The van der Waals surface area contributed by atoms with Crippen LogP contribution >= 0.6 is 11.6 Å². The maximum absolute atomic E-state index is 6.25. The van der Waals surface area contributed by atoms with Crippen molar-refractivity contribution in [2.24, 2.45) is 0 Å². The standard InChI is InChI=1S/C14H16ClN5/c1-9-7-16-19-8-11(17-13(15)12(9)19)10-5-6-20(18-10)14(2,3)4/h5-8H,1-4H3. The van der Waals surface area contributed by atoms with Gasteiger partial charge in [0.15, 0.2) is 5.15 Å². The van der Waals surface area contributed by atoms with Gasteiger partial charge in [-0.25, -0.2) is 9.50 Å². The van der Waals surface area contributed by atoms with Gasteiger partial charge in [0, 0.05) is 6.20 Å². The number of aryl methyl sites for hydroxylation is 1. The summed E-state index contributed by atoms with van der Waals surface area (Å²) < 4.78 is 3.66. The zero-order chi connectivity index (χ0) is 14.5. The lowest BCUT2D eigenvalue weighted by atomic mass is 10.1. The zero-order valence-corrected chi connectivity index (χ0v) is 12.7. The van der Waals surface area contributed by atoms with Crippen LogP contribution in [0.4, 0.5) is 0 Å². The molecule has 3 aromatic heterocycles. The summed E-state index contributed by atoms with van der Waals surface area (Å²) in [6.07, 6.45) is 5.58. The molecule has 3 rings (SSSR count). The van der Waals surface area contributed by atoms with E-state index in [0.717, 1.165) is 16.8 Å². The third-order valence-electron chi connectivity index (χ3n) is 3.18. The molecule has 0 saturated heterocycles. The van der Waals surface area contributed by atoms with E-state index in [1.54, 1.807) is 10.7 Å². The van der Waals surface area contributed by atoms with E-state index in [1.165, 1.54) is 0 Å². The zero-order valence-electron chi connectivity index (χ0n) is 11.9. The lowest BCUT2D eigenvalue weighted by Crippen LogP contribution is -2.22. The van der Waals surface area contributed by atoms with Gasteiger partial charge in [0.25, 0.3) is 0 Å². The van der Waals surface area contributed by atoms with Crippen molar-refractivity contribution in [3.05, 3.63) is 35.4 Å². The van der Waals surface area contributed by atoms with Crippen molar-refractivity contribution in [1.29, 1.82) is 0 Å². The van der Waals surface area contributed by atoms with Gasteiger partial charge < -0.3 is 0 Å². The molecule has 0 bridgehead atoms. The first kappa shape index (κ1) is 13.1. The fourth-order valence-corrected chi connectivity index (χ4v) is 2.39. The second kappa shape index (κ2) is 4.31. The lowest BCUT2D eigenvalue weighted by Gasteiger charge is -2.18. The number of nitrogens with zero attached hydrogens (tertiary/aromatic N) is 5. The summed E-state index contributed by atoms with van der Waals surface area (Å²) in [4.78, 5) is 4.43. The van der Waals surface area contributed by atoms with Crippen molar-refractivity contribution >= 4 is 17.1 Å². The van der Waals surface area contributed by atoms with E-state index in [1.807, 2.05) is 30.1 Å². The van der Waals surface area contributed by atoms with E-state index in [4.69, 9.17) is 11.6 Å². The molecule has 0 amide bonds. The molecule has 0 atom stereocenters. The topological polar surface area (TPSA) is 48.0 Å². The van der Waals surface area contributed by atoms with Crippen molar-refractivity contribution in [1.82, 2.24) is 24.4 Å². The molecule has 0 N–H and O–H groups in total. The maximum Gasteiger partial charge on any atom is 0.155 e. The molecule has 0 unspecified atom stereocenters. The highest BCUT2D eigenvalue weighted by molar-refractivity contribution is 6.32. The molecule has 0 radical (unpaired) electrons. The Bertz CT molecular complexity index is 779. The molecule has 0 aliphatic heterocycles. The van der Waals surface area contributed by atoms with Gasteiger partial charge in [-0.3, -0.25) is 4.68 Å². The molecule has 3 aromatic rings. The van der Waals surface area contributed by atoms with Gasteiger partial charge in [-0.1, -0.05) is 11.6 Å². The highest BCUT2D eigenvalue weighted by Crippen LogP contribution is 2.24. The molecule has 0 spiro atoms. The molecule has 20 heavy (non-hydrogen) atoms. The van der Waals surface area contributed by atoms with E-state index in [2.05, 4.69) is 36.0 Å². The second-order valence-electron chi connectivity index (χ2n) is 5.85. The molecule has 6 heteroatoms. The van der Waals surface area contributed by atoms with Gasteiger partial charge in [0.05, 0.1) is 17.9 Å². The maximum atomic E-state index is 6.25. The number of aromatic nitrogens is 5. The van der Waals surface area contributed by atoms with Gasteiger partial charge in [-0.05, 0) is 39.3 Å². The highest BCUT2D eigenvalue weighted by atomic mass is 35.5. The Morgan fingerprint density at radius 1 is 1.20 bits per heavy atom. The first-order chi connectivity index (χ1) is 9.36. The fraction of sp³-hybridized carbons (Fsp3) is 0.357. The summed E-state index contributed by atoms with van der Waals surface area (Å²) in [6, 6.07) is 1.94. The van der Waals surface area contributed by atoms with E-state index >= 15 is 0 Å². The van der Waals surface area contributed by atoms with Crippen LogP contribution < -0.4 is 0 Å². The summed E-state index contributed by atoms with van der Waals surface area (Å²) in [5, 5.41) is 9.29. The monoisotopic (exact) mass is 289 g/mol. The first-order valence-corrected chi connectivity index (χ1v) is 6.81. The Morgan fingerprint density at radius 3 is 2.60 bits per heavy atom. The van der Waals surface area contributed by atoms with Crippen LogP contribution in [0.1, 0.15) is 26.3 Å². The van der Waals surface area contributed by atoms with Crippen LogP contribution in [0.2, 0.25) is 5.15 Å². The quantitative estimate of drug-likeness (QED) is 0.690. The first-order valence-electron chi connectivity index (χ1n) is 6.43. The average molecular weight is 290 g/mol. The fourth-order valence-electron chi connectivity index (χ4n) is 2.06. The van der Waals surface area contributed by atoms with Crippen molar-refractivity contribution in [3.63, 3.8) is 0 Å². The molecule has 0 aliphatic rings. The van der Waals surface area contributed by atoms with Crippen LogP contribution in [-0.2, 0) is 5.54 Å². The number of rotatable bonds is 1. The third-order valence-corrected chi connectivity index (χ3v) is 3.44. The molecular weight excluding hydrogens is 274 g/mol. The van der Waals surface area contributed by atoms with E-state index < -0.39 is 0 Å². The Hall–Kier alpha value is -1.88. The van der Waals surface area contributed by atoms with Gasteiger partial charge in [0.2, 0.25) is 0 Å². The Kier molecular flexibility index (Phi) is 2.83. The number of halogens is 1. The van der Waals surface area contributed by atoms with Gasteiger partial charge >= 0.3 is 0 Å². The lowest BCUT2D eigenvalue weighted by molar-refractivity contribution is 0.356. The van der Waals surface area contributed by atoms with Crippen LogP contribution in [-0.4, -0.2) is 24.4 Å². The van der Waals surface area contributed by atoms with E-state index in [-0.39, 0.29) is 5.54 Å². The minimum Gasteiger partial charge on any atom is -0.267 e. The summed E-state index contributed by atoms with van der Waals surface area (Å²) in [7, 11) is 0. The molecule has 0 aliphatic carbocycles. The predicted octanol–water partition coefficient (Wildman–Crippen LogP) is 3.31. The Balaban J connectivity index is 2.13. The second-order valence-corrected chi connectivity index (χ2v) is 6.21. The molecule has 0 fully saturated rings. The molecule has 0 aromatic carbocycles. The highest BCUT2D eigenvalue weighted by Gasteiger charge is 2.16. The van der Waals surface area contributed by atoms with Crippen molar-refractivity contribution in [3.8, 4) is 11.4 Å². The minimum absolute atomic E-state index is 0.0611. The van der Waals surface area contributed by atoms with Crippen LogP contribution in [0.3, 0.4) is 0 Å². The van der Waals surface area contributed by atoms with Crippen molar-refractivity contribution in [2.45, 2.75) is 33.2 Å². The van der Waals surface area contributed by atoms with Crippen LogP contribution in [0, 0.1) is 6.92 Å². The van der Waals surface area contributed by atoms with Crippen LogP contribution in [0.15, 0.2) is 24.7 Å². The minimum atomic E-state index is -0.0611. The number of hydrogen-bond acceptors (Lipinski definition) is 3. The van der Waals surface area contributed by atoms with Gasteiger partial charge in [-0.15, -0.1) is 0 Å². The number of fused-ring (bicyclic) bond motifs is 1. The molecule has 3 heterocycles. The molecule has 104 valence electrons. The SMILES string of the molecule is Cc1cnn2cc(-c3ccn(C(C)(C)C)n3)nc(Cl)c12.